The van der Waals surface area contributed by atoms with Gasteiger partial charge in [0.05, 0.1) is 0 Å². The van der Waals surface area contributed by atoms with E-state index in [1.54, 1.807) is 0 Å². The highest BCUT2D eigenvalue weighted by molar-refractivity contribution is 7.99. The number of hydrogen-bond donors (Lipinski definition) is 0. The van der Waals surface area contributed by atoms with Gasteiger partial charge in [0.15, 0.2) is 5.58 Å². The van der Waals surface area contributed by atoms with E-state index < -0.39 is 0 Å². The van der Waals surface area contributed by atoms with E-state index in [9.17, 15) is 0 Å². The van der Waals surface area contributed by atoms with Crippen molar-refractivity contribution in [1.29, 1.82) is 0 Å². The Kier molecular flexibility index (Phi) is 3.12. The van der Waals surface area contributed by atoms with Crippen LogP contribution in [0.4, 0.5) is 0 Å². The third-order valence-electron chi connectivity index (χ3n) is 3.46. The van der Waals surface area contributed by atoms with E-state index in [0.29, 0.717) is 16.3 Å². The number of halogens is 1. The zero-order chi connectivity index (χ0) is 14.4. The summed E-state index contributed by atoms with van der Waals surface area (Å²) in [5, 5.41) is 1.92. The molecule has 2 aromatic heterocycles. The smallest absolute Gasteiger partial charge is 0.263 e. The monoisotopic (exact) mass is 317 g/mol. The summed E-state index contributed by atoms with van der Waals surface area (Å²) in [7, 11) is 0. The number of aromatic nitrogens is 3. The zero-order valence-electron chi connectivity index (χ0n) is 11.3. The van der Waals surface area contributed by atoms with Crippen molar-refractivity contribution >= 4 is 34.5 Å². The van der Waals surface area contributed by atoms with E-state index in [-0.39, 0.29) is 0 Å². The van der Waals surface area contributed by atoms with Crippen LogP contribution in [0.5, 0.6) is 0 Å². The topological polar surface area (TPSA) is 51.8 Å². The lowest BCUT2D eigenvalue weighted by Crippen LogP contribution is -1.98. The van der Waals surface area contributed by atoms with Crippen molar-refractivity contribution in [1.82, 2.24) is 15.0 Å². The highest BCUT2D eigenvalue weighted by Crippen LogP contribution is 2.40. The Labute approximate surface area is 131 Å². The molecule has 1 aliphatic rings. The van der Waals surface area contributed by atoms with Crippen molar-refractivity contribution < 1.29 is 4.42 Å². The number of fused-ring (bicyclic) bond motifs is 1. The number of nitrogens with zero attached hydrogens (tertiary/aromatic N) is 3. The first-order valence-corrected chi connectivity index (χ1v) is 7.97. The van der Waals surface area contributed by atoms with Gasteiger partial charge in [-0.1, -0.05) is 23.7 Å². The molecule has 0 radical (unpaired) electrons. The number of oxazole rings is 1. The van der Waals surface area contributed by atoms with Crippen molar-refractivity contribution in [2.45, 2.75) is 35.9 Å². The van der Waals surface area contributed by atoms with Crippen LogP contribution < -0.4 is 0 Å². The number of benzene rings is 1. The molecule has 1 fully saturated rings. The molecule has 4 rings (SSSR count). The molecule has 0 spiro atoms. The molecule has 0 N–H and O–H groups in total. The normalized spacial score (nSPS) is 14.8. The maximum Gasteiger partial charge on any atom is 0.263 e. The molecule has 1 saturated carbocycles. The Morgan fingerprint density at radius 1 is 1.19 bits per heavy atom. The SMILES string of the molecule is Cc1c(Cl)nc(C2CC2)nc1Sc1nc2ccccc2o1. The van der Waals surface area contributed by atoms with Crippen LogP contribution >= 0.6 is 23.4 Å². The molecule has 106 valence electrons. The van der Waals surface area contributed by atoms with E-state index >= 15 is 0 Å². The Balaban J connectivity index is 1.72. The van der Waals surface area contributed by atoms with Gasteiger partial charge in [-0.25, -0.2) is 15.0 Å². The van der Waals surface area contributed by atoms with Gasteiger partial charge in [-0.3, -0.25) is 0 Å². The van der Waals surface area contributed by atoms with Crippen LogP contribution in [0.3, 0.4) is 0 Å². The van der Waals surface area contributed by atoms with Crippen LogP contribution in [-0.2, 0) is 0 Å². The van der Waals surface area contributed by atoms with Crippen molar-refractivity contribution in [3.8, 4) is 0 Å². The molecular formula is C15H12ClN3OS. The van der Waals surface area contributed by atoms with Gasteiger partial charge >= 0.3 is 0 Å². The summed E-state index contributed by atoms with van der Waals surface area (Å²) >= 11 is 7.62. The van der Waals surface area contributed by atoms with Crippen molar-refractivity contribution in [3.63, 3.8) is 0 Å². The van der Waals surface area contributed by atoms with E-state index in [1.165, 1.54) is 11.8 Å². The summed E-state index contributed by atoms with van der Waals surface area (Å²) in [6.07, 6.45) is 2.29. The molecule has 0 aliphatic heterocycles. The summed E-state index contributed by atoms with van der Waals surface area (Å²) in [5.74, 6) is 1.30. The number of hydrogen-bond acceptors (Lipinski definition) is 5. The number of rotatable bonds is 3. The van der Waals surface area contributed by atoms with Gasteiger partial charge in [-0.15, -0.1) is 0 Å². The first-order valence-electron chi connectivity index (χ1n) is 6.78. The van der Waals surface area contributed by atoms with Crippen molar-refractivity contribution in [2.24, 2.45) is 0 Å². The molecule has 2 heterocycles. The van der Waals surface area contributed by atoms with Crippen LogP contribution in [0, 0.1) is 6.92 Å². The Morgan fingerprint density at radius 2 is 2.00 bits per heavy atom. The quantitative estimate of drug-likeness (QED) is 0.660. The summed E-state index contributed by atoms with van der Waals surface area (Å²) in [6.45, 7) is 1.92. The van der Waals surface area contributed by atoms with Crippen molar-refractivity contribution in [3.05, 3.63) is 40.8 Å². The Bertz CT molecular complexity index is 796. The van der Waals surface area contributed by atoms with E-state index in [1.807, 2.05) is 31.2 Å². The van der Waals surface area contributed by atoms with Gasteiger partial charge < -0.3 is 4.42 Å². The molecule has 21 heavy (non-hydrogen) atoms. The fourth-order valence-corrected chi connectivity index (χ4v) is 3.15. The molecule has 0 bridgehead atoms. The van der Waals surface area contributed by atoms with Crippen LogP contribution in [0.25, 0.3) is 11.1 Å². The van der Waals surface area contributed by atoms with Crippen LogP contribution in [0.2, 0.25) is 5.15 Å². The molecule has 4 nitrogen and oxygen atoms in total. The minimum atomic E-state index is 0.464. The Morgan fingerprint density at radius 3 is 2.76 bits per heavy atom. The largest absolute Gasteiger partial charge is 0.431 e. The minimum Gasteiger partial charge on any atom is -0.431 e. The highest BCUT2D eigenvalue weighted by atomic mass is 35.5. The second-order valence-corrected chi connectivity index (χ2v) is 6.42. The fourth-order valence-electron chi connectivity index (χ4n) is 2.09. The Hall–Kier alpha value is -1.59. The molecule has 0 atom stereocenters. The third-order valence-corrected chi connectivity index (χ3v) is 4.77. The van der Waals surface area contributed by atoms with Crippen LogP contribution in [0.1, 0.15) is 30.1 Å². The predicted octanol–water partition coefficient (Wildman–Crippen LogP) is 4.61. The molecule has 6 heteroatoms. The van der Waals surface area contributed by atoms with E-state index in [0.717, 1.165) is 40.4 Å². The second kappa shape index (κ2) is 5.00. The van der Waals surface area contributed by atoms with Crippen molar-refractivity contribution in [2.75, 3.05) is 0 Å². The molecule has 0 saturated heterocycles. The fraction of sp³-hybridized carbons (Fsp3) is 0.267. The van der Waals surface area contributed by atoms with Crippen LogP contribution in [-0.4, -0.2) is 15.0 Å². The lowest BCUT2D eigenvalue weighted by Gasteiger charge is -2.06. The first-order chi connectivity index (χ1) is 10.2. The van der Waals surface area contributed by atoms with E-state index in [4.69, 9.17) is 16.0 Å². The van der Waals surface area contributed by atoms with E-state index in [2.05, 4.69) is 15.0 Å². The zero-order valence-corrected chi connectivity index (χ0v) is 12.9. The minimum absolute atomic E-state index is 0.464. The standard InChI is InChI=1S/C15H12ClN3OS/c1-8-12(16)18-13(9-6-7-9)19-14(8)21-15-17-10-4-2-3-5-11(10)20-15/h2-5,9H,6-7H2,1H3. The average Bonchev–Trinajstić information content (AvgIpc) is 3.24. The molecule has 3 aromatic rings. The summed E-state index contributed by atoms with van der Waals surface area (Å²) in [4.78, 5) is 13.5. The van der Waals surface area contributed by atoms with Gasteiger partial charge in [-0.2, -0.15) is 0 Å². The third kappa shape index (κ3) is 2.51. The molecule has 1 aliphatic carbocycles. The van der Waals surface area contributed by atoms with Gasteiger partial charge in [0.25, 0.3) is 5.22 Å². The molecule has 1 aromatic carbocycles. The highest BCUT2D eigenvalue weighted by Gasteiger charge is 2.28. The average molecular weight is 318 g/mol. The molecule has 0 unspecified atom stereocenters. The lowest BCUT2D eigenvalue weighted by molar-refractivity contribution is 0.489. The van der Waals surface area contributed by atoms with Gasteiger partial charge in [0.1, 0.15) is 21.5 Å². The second-order valence-electron chi connectivity index (χ2n) is 5.13. The number of para-hydroxylation sites is 2. The van der Waals surface area contributed by atoms with Gasteiger partial charge in [0.2, 0.25) is 0 Å². The van der Waals surface area contributed by atoms with Crippen LogP contribution in [0.15, 0.2) is 38.9 Å². The van der Waals surface area contributed by atoms with Gasteiger partial charge in [0, 0.05) is 11.5 Å². The lowest BCUT2D eigenvalue weighted by atomic mass is 10.3. The molecular weight excluding hydrogens is 306 g/mol. The predicted molar refractivity (Wildman–Crippen MR) is 81.9 cm³/mol. The maximum atomic E-state index is 6.22. The summed E-state index contributed by atoms with van der Waals surface area (Å²) in [6, 6.07) is 7.71. The summed E-state index contributed by atoms with van der Waals surface area (Å²) < 4.78 is 5.73. The molecule has 0 amide bonds. The maximum absolute atomic E-state index is 6.22. The summed E-state index contributed by atoms with van der Waals surface area (Å²) in [5.41, 5.74) is 2.49. The first kappa shape index (κ1) is 13.1. The van der Waals surface area contributed by atoms with Gasteiger partial charge in [-0.05, 0) is 43.7 Å².